The third-order valence-corrected chi connectivity index (χ3v) is 2.47. The van der Waals surface area contributed by atoms with Crippen molar-refractivity contribution < 1.29 is 4.79 Å². The van der Waals surface area contributed by atoms with Crippen LogP contribution in [0.15, 0.2) is 47.9 Å². The van der Waals surface area contributed by atoms with E-state index in [-0.39, 0.29) is 5.12 Å². The highest BCUT2D eigenvalue weighted by atomic mass is 32.2. The first kappa shape index (κ1) is 10.1. The molecule has 68 valence electrons. The molecule has 0 saturated carbocycles. The van der Waals surface area contributed by atoms with E-state index < -0.39 is 0 Å². The maximum absolute atomic E-state index is 11.3. The lowest BCUT2D eigenvalue weighted by atomic mass is 10.3. The predicted octanol–water partition coefficient (Wildman–Crippen LogP) is 3.27. The molecule has 0 aromatic heterocycles. The molecule has 0 fully saturated rings. The second-order valence-corrected chi connectivity index (χ2v) is 3.75. The van der Waals surface area contributed by atoms with E-state index in [1.165, 1.54) is 11.8 Å². The van der Waals surface area contributed by atoms with Gasteiger partial charge in [-0.3, -0.25) is 4.79 Å². The summed E-state index contributed by atoms with van der Waals surface area (Å²) in [6, 6.07) is 9.69. The Hall–Kier alpha value is -1.02. The summed E-state index contributed by atoms with van der Waals surface area (Å²) in [6.45, 7) is 3.58. The summed E-state index contributed by atoms with van der Waals surface area (Å²) in [5, 5.41) is 0.200. The number of carbonyl (C=O) groups excluding carboxylic acids is 1. The summed E-state index contributed by atoms with van der Waals surface area (Å²) in [4.78, 5) is 12.3. The minimum absolute atomic E-state index is 0.200. The van der Waals surface area contributed by atoms with Crippen LogP contribution in [0.5, 0.6) is 0 Å². The van der Waals surface area contributed by atoms with Crippen LogP contribution in [0.3, 0.4) is 0 Å². The summed E-state index contributed by atoms with van der Waals surface area (Å²) in [7, 11) is 0. The number of carbonyl (C=O) groups is 1. The van der Waals surface area contributed by atoms with Crippen molar-refractivity contribution in [1.29, 1.82) is 0 Å². The zero-order valence-corrected chi connectivity index (χ0v) is 8.22. The van der Waals surface area contributed by atoms with Gasteiger partial charge in [-0.05, 0) is 18.6 Å². The number of hydrogen-bond donors (Lipinski definition) is 0. The Bertz CT molecular complexity index is 279. The molecular weight excluding hydrogens is 180 g/mol. The molecule has 0 radical (unpaired) electrons. The van der Waals surface area contributed by atoms with Gasteiger partial charge in [0.25, 0.3) is 0 Å². The number of rotatable bonds is 4. The van der Waals surface area contributed by atoms with Crippen molar-refractivity contribution in [3.8, 4) is 0 Å². The maximum atomic E-state index is 11.3. The Balaban J connectivity index is 2.41. The van der Waals surface area contributed by atoms with Crippen LogP contribution in [0.4, 0.5) is 0 Å². The van der Waals surface area contributed by atoms with Gasteiger partial charge in [-0.1, -0.05) is 36.0 Å². The molecule has 0 bridgehead atoms. The summed E-state index contributed by atoms with van der Waals surface area (Å²) in [5.41, 5.74) is 0. The normalized spacial score (nSPS) is 9.54. The molecular formula is C11H12OS. The fourth-order valence-electron chi connectivity index (χ4n) is 0.891. The molecule has 0 aliphatic heterocycles. The van der Waals surface area contributed by atoms with Crippen molar-refractivity contribution in [3.63, 3.8) is 0 Å². The van der Waals surface area contributed by atoms with Crippen LogP contribution in [0, 0.1) is 0 Å². The average Bonchev–Trinajstić information content (AvgIpc) is 2.16. The molecule has 0 aliphatic carbocycles. The minimum Gasteiger partial charge on any atom is -0.287 e. The molecule has 1 nitrogen and oxygen atoms in total. The second-order valence-electron chi connectivity index (χ2n) is 2.61. The van der Waals surface area contributed by atoms with E-state index in [2.05, 4.69) is 6.58 Å². The highest BCUT2D eigenvalue weighted by Gasteiger charge is 2.01. The molecule has 1 rings (SSSR count). The third kappa shape index (κ3) is 3.95. The zero-order valence-electron chi connectivity index (χ0n) is 7.40. The van der Waals surface area contributed by atoms with Gasteiger partial charge in [0, 0.05) is 11.3 Å². The van der Waals surface area contributed by atoms with Crippen LogP contribution in [-0.4, -0.2) is 5.12 Å². The van der Waals surface area contributed by atoms with Crippen LogP contribution in [0.1, 0.15) is 12.8 Å². The first-order chi connectivity index (χ1) is 6.33. The molecule has 1 aromatic carbocycles. The first-order valence-electron chi connectivity index (χ1n) is 4.19. The Morgan fingerprint density at radius 3 is 2.69 bits per heavy atom. The van der Waals surface area contributed by atoms with E-state index in [1.54, 1.807) is 6.08 Å². The topological polar surface area (TPSA) is 17.1 Å². The Labute approximate surface area is 82.9 Å². The van der Waals surface area contributed by atoms with Crippen molar-refractivity contribution in [2.45, 2.75) is 17.7 Å². The highest BCUT2D eigenvalue weighted by Crippen LogP contribution is 2.19. The van der Waals surface area contributed by atoms with E-state index in [9.17, 15) is 4.79 Å². The Morgan fingerprint density at radius 1 is 1.38 bits per heavy atom. The molecule has 0 aliphatic rings. The molecule has 13 heavy (non-hydrogen) atoms. The van der Waals surface area contributed by atoms with Crippen molar-refractivity contribution in [2.24, 2.45) is 0 Å². The number of thioether (sulfide) groups is 1. The standard InChI is InChI=1S/C11H12OS/c1-2-3-9-11(12)13-10-7-5-4-6-8-10/h2,4-8H,1,3,9H2. The molecule has 1 aromatic rings. The fraction of sp³-hybridized carbons (Fsp3) is 0.182. The van der Waals surface area contributed by atoms with Crippen molar-refractivity contribution in [1.82, 2.24) is 0 Å². The van der Waals surface area contributed by atoms with Gasteiger partial charge in [-0.15, -0.1) is 6.58 Å². The molecule has 0 N–H and O–H groups in total. The monoisotopic (exact) mass is 192 g/mol. The number of benzene rings is 1. The largest absolute Gasteiger partial charge is 0.287 e. The van der Waals surface area contributed by atoms with Gasteiger partial charge in [0.15, 0.2) is 5.12 Å². The SMILES string of the molecule is C=CCCC(=O)Sc1ccccc1. The summed E-state index contributed by atoms with van der Waals surface area (Å²) in [6.07, 6.45) is 3.10. The first-order valence-corrected chi connectivity index (χ1v) is 5.01. The van der Waals surface area contributed by atoms with E-state index in [0.717, 1.165) is 11.3 Å². The lowest BCUT2D eigenvalue weighted by molar-refractivity contribution is -0.110. The quantitative estimate of drug-likeness (QED) is 0.538. The summed E-state index contributed by atoms with van der Waals surface area (Å²) >= 11 is 1.30. The van der Waals surface area contributed by atoms with Crippen molar-refractivity contribution in [2.75, 3.05) is 0 Å². The van der Waals surface area contributed by atoms with Crippen LogP contribution in [-0.2, 0) is 4.79 Å². The fourth-order valence-corrected chi connectivity index (χ4v) is 1.67. The van der Waals surface area contributed by atoms with Gasteiger partial charge in [-0.2, -0.15) is 0 Å². The van der Waals surface area contributed by atoms with Gasteiger partial charge < -0.3 is 0 Å². The van der Waals surface area contributed by atoms with Gasteiger partial charge in [-0.25, -0.2) is 0 Å². The summed E-state index contributed by atoms with van der Waals surface area (Å²) in [5.74, 6) is 0. The smallest absolute Gasteiger partial charge is 0.193 e. The molecule has 0 unspecified atom stereocenters. The van der Waals surface area contributed by atoms with Gasteiger partial charge in [0.2, 0.25) is 0 Å². The summed E-state index contributed by atoms with van der Waals surface area (Å²) < 4.78 is 0. The second kappa shape index (κ2) is 5.60. The molecule has 0 amide bonds. The van der Waals surface area contributed by atoms with Gasteiger partial charge >= 0.3 is 0 Å². The Kier molecular flexibility index (Phi) is 4.33. The average molecular weight is 192 g/mol. The molecule has 0 spiro atoms. The van der Waals surface area contributed by atoms with Crippen LogP contribution in [0.25, 0.3) is 0 Å². The number of allylic oxidation sites excluding steroid dienone is 1. The van der Waals surface area contributed by atoms with E-state index in [4.69, 9.17) is 0 Å². The van der Waals surface area contributed by atoms with Crippen LogP contribution < -0.4 is 0 Å². The predicted molar refractivity (Wildman–Crippen MR) is 56.7 cm³/mol. The molecule has 0 saturated heterocycles. The highest BCUT2D eigenvalue weighted by molar-refractivity contribution is 8.13. The van der Waals surface area contributed by atoms with Crippen molar-refractivity contribution >= 4 is 16.9 Å². The van der Waals surface area contributed by atoms with E-state index in [1.807, 2.05) is 30.3 Å². The molecule has 2 heteroatoms. The lowest BCUT2D eigenvalue weighted by Gasteiger charge is -1.97. The zero-order chi connectivity index (χ0) is 9.52. The van der Waals surface area contributed by atoms with Crippen LogP contribution in [0.2, 0.25) is 0 Å². The Morgan fingerprint density at radius 2 is 2.08 bits per heavy atom. The van der Waals surface area contributed by atoms with Gasteiger partial charge in [0.1, 0.15) is 0 Å². The number of hydrogen-bond acceptors (Lipinski definition) is 2. The molecule has 0 atom stereocenters. The van der Waals surface area contributed by atoms with Crippen molar-refractivity contribution in [3.05, 3.63) is 43.0 Å². The molecule has 0 heterocycles. The lowest BCUT2D eigenvalue weighted by Crippen LogP contribution is -1.89. The van der Waals surface area contributed by atoms with Gasteiger partial charge in [0.05, 0.1) is 0 Å². The van der Waals surface area contributed by atoms with E-state index >= 15 is 0 Å². The van der Waals surface area contributed by atoms with Crippen LogP contribution >= 0.6 is 11.8 Å². The minimum atomic E-state index is 0.200. The third-order valence-electron chi connectivity index (χ3n) is 1.53. The maximum Gasteiger partial charge on any atom is 0.193 e. The van der Waals surface area contributed by atoms with E-state index in [0.29, 0.717) is 6.42 Å².